The van der Waals surface area contributed by atoms with E-state index >= 15 is 0 Å². The van der Waals surface area contributed by atoms with Crippen molar-refractivity contribution in [2.45, 2.75) is 51.1 Å². The van der Waals surface area contributed by atoms with Gasteiger partial charge in [0.15, 0.2) is 11.5 Å². The van der Waals surface area contributed by atoms with Crippen molar-refractivity contribution in [3.8, 4) is 11.5 Å². The van der Waals surface area contributed by atoms with E-state index in [9.17, 15) is 0 Å². The highest BCUT2D eigenvalue weighted by molar-refractivity contribution is 5.43. The molecule has 174 valence electrons. The van der Waals surface area contributed by atoms with Crippen LogP contribution in [0.25, 0.3) is 0 Å². The third kappa shape index (κ3) is 6.89. The zero-order valence-electron chi connectivity index (χ0n) is 19.3. The molecule has 4 rings (SSSR count). The summed E-state index contributed by atoms with van der Waals surface area (Å²) in [5.41, 5.74) is 2.17. The fourth-order valence-corrected chi connectivity index (χ4v) is 4.50. The maximum absolute atomic E-state index is 6.09. The summed E-state index contributed by atoms with van der Waals surface area (Å²) in [6, 6.07) is 8.69. The lowest BCUT2D eigenvalue weighted by atomic mass is 10.1. The Hall–Kier alpha value is -2.22. The molecule has 0 unspecified atom stereocenters. The van der Waals surface area contributed by atoms with Gasteiger partial charge in [0.25, 0.3) is 0 Å². The second kappa shape index (κ2) is 12.1. The third-order valence-electron chi connectivity index (χ3n) is 6.34. The fourth-order valence-electron chi connectivity index (χ4n) is 4.50. The maximum Gasteiger partial charge on any atom is 0.161 e. The van der Waals surface area contributed by atoms with Gasteiger partial charge in [0, 0.05) is 31.7 Å². The number of nitrogens with one attached hydrogen (secondary N) is 2. The highest BCUT2D eigenvalue weighted by Gasteiger charge is 2.13. The molecule has 0 aliphatic carbocycles. The summed E-state index contributed by atoms with van der Waals surface area (Å²) in [6.45, 7) is 7.23. The van der Waals surface area contributed by atoms with Crippen molar-refractivity contribution in [2.24, 2.45) is 0 Å². The molecule has 7 heteroatoms. The predicted molar refractivity (Wildman–Crippen MR) is 126 cm³/mol. The van der Waals surface area contributed by atoms with Crippen molar-refractivity contribution in [1.29, 1.82) is 0 Å². The van der Waals surface area contributed by atoms with Gasteiger partial charge in [-0.3, -0.25) is 0 Å². The van der Waals surface area contributed by atoms with Crippen LogP contribution in [0.3, 0.4) is 0 Å². The fraction of sp³-hybridized carbons (Fsp3) is 0.600. The van der Waals surface area contributed by atoms with Gasteiger partial charge in [-0.1, -0.05) is 6.07 Å². The molecule has 0 spiro atoms. The standard InChI is InChI=1S/C25H37N5O2/c1-31-23-6-5-20(17-24(23)32-16-4-15-30-13-2-3-14-30)18-25-27-12-9-22(29-25)19-28-21-7-10-26-11-8-21/h5-6,9,12,17,21,26,28H,2-4,7-8,10-11,13-16,18-19H2,1H3. The molecule has 2 aliphatic heterocycles. The number of likely N-dealkylation sites (tertiary alicyclic amines) is 1. The second-order valence-corrected chi connectivity index (χ2v) is 8.78. The van der Waals surface area contributed by atoms with Gasteiger partial charge < -0.3 is 25.0 Å². The van der Waals surface area contributed by atoms with E-state index in [4.69, 9.17) is 14.5 Å². The van der Waals surface area contributed by atoms with Gasteiger partial charge in [-0.05, 0) is 82.0 Å². The lowest BCUT2D eigenvalue weighted by molar-refractivity contribution is 0.254. The van der Waals surface area contributed by atoms with Crippen LogP contribution in [0.5, 0.6) is 11.5 Å². The number of aromatic nitrogens is 2. The van der Waals surface area contributed by atoms with Gasteiger partial charge in [-0.2, -0.15) is 0 Å². The molecule has 1 aromatic carbocycles. The van der Waals surface area contributed by atoms with E-state index in [1.165, 1.54) is 38.8 Å². The minimum Gasteiger partial charge on any atom is -0.493 e. The molecule has 1 aromatic heterocycles. The zero-order chi connectivity index (χ0) is 22.0. The second-order valence-electron chi connectivity index (χ2n) is 8.78. The Bertz CT molecular complexity index is 835. The molecular formula is C25H37N5O2. The number of hydrogen-bond donors (Lipinski definition) is 2. The molecule has 32 heavy (non-hydrogen) atoms. The van der Waals surface area contributed by atoms with Crippen molar-refractivity contribution in [1.82, 2.24) is 25.5 Å². The minimum absolute atomic E-state index is 0.571. The Morgan fingerprint density at radius 3 is 2.78 bits per heavy atom. The summed E-state index contributed by atoms with van der Waals surface area (Å²) < 4.78 is 11.6. The van der Waals surface area contributed by atoms with Crippen molar-refractivity contribution in [2.75, 3.05) is 46.4 Å². The van der Waals surface area contributed by atoms with Crippen LogP contribution in [-0.4, -0.2) is 67.4 Å². The number of ether oxygens (including phenoxy) is 2. The molecule has 2 aromatic rings. The summed E-state index contributed by atoms with van der Waals surface area (Å²) in [7, 11) is 1.69. The van der Waals surface area contributed by atoms with Crippen LogP contribution >= 0.6 is 0 Å². The Morgan fingerprint density at radius 2 is 1.97 bits per heavy atom. The molecule has 2 fully saturated rings. The maximum atomic E-state index is 6.09. The van der Waals surface area contributed by atoms with Gasteiger partial charge in [0.2, 0.25) is 0 Å². The molecule has 3 heterocycles. The normalized spacial score (nSPS) is 17.5. The number of rotatable bonds is 11. The Morgan fingerprint density at radius 1 is 1.12 bits per heavy atom. The zero-order valence-corrected chi connectivity index (χ0v) is 19.3. The highest BCUT2D eigenvalue weighted by atomic mass is 16.5. The largest absolute Gasteiger partial charge is 0.493 e. The van der Waals surface area contributed by atoms with Crippen molar-refractivity contribution >= 4 is 0 Å². The summed E-state index contributed by atoms with van der Waals surface area (Å²) in [4.78, 5) is 11.8. The number of hydrogen-bond acceptors (Lipinski definition) is 7. The molecule has 2 saturated heterocycles. The van der Waals surface area contributed by atoms with Gasteiger partial charge in [0.1, 0.15) is 5.82 Å². The molecule has 0 amide bonds. The van der Waals surface area contributed by atoms with Gasteiger partial charge in [-0.15, -0.1) is 0 Å². The summed E-state index contributed by atoms with van der Waals surface area (Å²) in [5, 5.41) is 7.04. The van der Waals surface area contributed by atoms with Crippen molar-refractivity contribution in [3.63, 3.8) is 0 Å². The first-order valence-corrected chi connectivity index (χ1v) is 12.1. The highest BCUT2D eigenvalue weighted by Crippen LogP contribution is 2.29. The van der Waals surface area contributed by atoms with Crippen LogP contribution in [0.4, 0.5) is 0 Å². The lowest BCUT2D eigenvalue weighted by Crippen LogP contribution is -2.39. The van der Waals surface area contributed by atoms with Crippen LogP contribution in [0, 0.1) is 0 Å². The van der Waals surface area contributed by atoms with Crippen LogP contribution in [0.2, 0.25) is 0 Å². The monoisotopic (exact) mass is 439 g/mol. The number of nitrogens with zero attached hydrogens (tertiary/aromatic N) is 3. The number of methoxy groups -OCH3 is 1. The number of benzene rings is 1. The molecule has 0 bridgehead atoms. The van der Waals surface area contributed by atoms with Crippen molar-refractivity contribution < 1.29 is 9.47 Å². The first-order chi connectivity index (χ1) is 15.8. The molecular weight excluding hydrogens is 402 g/mol. The van der Waals surface area contributed by atoms with E-state index in [0.29, 0.717) is 19.1 Å². The molecule has 7 nitrogen and oxygen atoms in total. The van der Waals surface area contributed by atoms with Crippen LogP contribution < -0.4 is 20.1 Å². The van der Waals surface area contributed by atoms with Gasteiger partial charge in [-0.25, -0.2) is 9.97 Å². The van der Waals surface area contributed by atoms with Gasteiger partial charge in [0.05, 0.1) is 19.4 Å². The quantitative estimate of drug-likeness (QED) is 0.522. The van der Waals surface area contributed by atoms with E-state index in [-0.39, 0.29) is 0 Å². The van der Waals surface area contributed by atoms with E-state index in [1.807, 2.05) is 18.3 Å². The predicted octanol–water partition coefficient (Wildman–Crippen LogP) is 2.78. The Labute approximate surface area is 191 Å². The van der Waals surface area contributed by atoms with Crippen LogP contribution in [-0.2, 0) is 13.0 Å². The third-order valence-corrected chi connectivity index (χ3v) is 6.34. The summed E-state index contributed by atoms with van der Waals surface area (Å²) in [6.07, 6.45) is 8.57. The topological polar surface area (TPSA) is 71.5 Å². The number of piperidine rings is 1. The summed E-state index contributed by atoms with van der Waals surface area (Å²) >= 11 is 0. The van der Waals surface area contributed by atoms with E-state index in [2.05, 4.69) is 32.7 Å². The molecule has 0 radical (unpaired) electrons. The Kier molecular flexibility index (Phi) is 8.71. The molecule has 0 saturated carbocycles. The first kappa shape index (κ1) is 23.0. The smallest absolute Gasteiger partial charge is 0.161 e. The average Bonchev–Trinajstić information content (AvgIpc) is 3.35. The van der Waals surface area contributed by atoms with Crippen LogP contribution in [0.15, 0.2) is 30.5 Å². The van der Waals surface area contributed by atoms with Crippen molar-refractivity contribution in [3.05, 3.63) is 47.5 Å². The molecule has 2 N–H and O–H groups in total. The average molecular weight is 440 g/mol. The van der Waals surface area contributed by atoms with Crippen LogP contribution in [0.1, 0.15) is 49.2 Å². The first-order valence-electron chi connectivity index (χ1n) is 12.1. The van der Waals surface area contributed by atoms with E-state index in [0.717, 1.165) is 61.2 Å². The van der Waals surface area contributed by atoms with Gasteiger partial charge >= 0.3 is 0 Å². The Balaban J connectivity index is 1.31. The molecule has 2 aliphatic rings. The van der Waals surface area contributed by atoms with E-state index in [1.54, 1.807) is 7.11 Å². The molecule has 0 atom stereocenters. The minimum atomic E-state index is 0.571. The lowest BCUT2D eigenvalue weighted by Gasteiger charge is -2.23. The van der Waals surface area contributed by atoms with E-state index < -0.39 is 0 Å². The SMILES string of the molecule is COc1ccc(Cc2nccc(CNC3CCNCC3)n2)cc1OCCCN1CCCC1. The summed E-state index contributed by atoms with van der Waals surface area (Å²) in [5.74, 6) is 2.41.